The van der Waals surface area contributed by atoms with Crippen molar-refractivity contribution in [3.05, 3.63) is 58.3 Å². The fraction of sp³-hybridized carbons (Fsp3) is 0.294. The number of aromatic nitrogens is 3. The zero-order valence-electron chi connectivity index (χ0n) is 14.4. The zero-order valence-corrected chi connectivity index (χ0v) is 14.4. The molecule has 0 bridgehead atoms. The van der Waals surface area contributed by atoms with Crippen molar-refractivity contribution >= 4 is 18.3 Å². The summed E-state index contributed by atoms with van der Waals surface area (Å²) in [6.45, 7) is 3.35. The molecule has 0 saturated carbocycles. The van der Waals surface area contributed by atoms with Gasteiger partial charge in [-0.15, -0.1) is 0 Å². The fourth-order valence-corrected chi connectivity index (χ4v) is 4.16. The molecule has 0 amide bonds. The predicted molar refractivity (Wildman–Crippen MR) is 91.2 cm³/mol. The van der Waals surface area contributed by atoms with Crippen molar-refractivity contribution in [1.29, 1.82) is 0 Å². The molecular weight excluding hydrogens is 309 g/mol. The molecule has 2 aliphatic rings. The molecule has 2 aromatic heterocycles. The maximum Gasteiger partial charge on any atom is 0.737 e. The van der Waals surface area contributed by atoms with Gasteiger partial charge in [-0.1, -0.05) is 0 Å². The summed E-state index contributed by atoms with van der Waals surface area (Å²) in [6.07, 6.45) is 3.53. The molecule has 4 nitrogen and oxygen atoms in total. The largest absolute Gasteiger partial charge is 0.737 e. The summed E-state index contributed by atoms with van der Waals surface area (Å²) >= 11 is 0. The first-order valence-electron chi connectivity index (χ1n) is 8.00. The molecule has 0 atom stereocenters. The van der Waals surface area contributed by atoms with Crippen LogP contribution in [0.4, 0.5) is 8.63 Å². The molecule has 2 aliphatic heterocycles. The smallest absolute Gasteiger partial charge is 0.393 e. The quantitative estimate of drug-likeness (QED) is 0.738. The Labute approximate surface area is 139 Å². The number of nitrogens with zero attached hydrogens (tertiary/aromatic N) is 4. The van der Waals surface area contributed by atoms with Crippen LogP contribution in [0.15, 0.2) is 35.7 Å². The van der Waals surface area contributed by atoms with Gasteiger partial charge in [-0.05, 0) is 44.2 Å². The lowest BCUT2D eigenvalue weighted by atomic mass is 9.85. The van der Waals surface area contributed by atoms with Crippen molar-refractivity contribution in [1.82, 2.24) is 14.3 Å². The SMILES string of the molecule is CC1=CC(C)=[N+]2C1=C(c1ccnn1C)c1c(C)cc(C)n1[B-]2(F)F. The Kier molecular flexibility index (Phi) is 2.87. The van der Waals surface area contributed by atoms with Crippen molar-refractivity contribution in [2.75, 3.05) is 0 Å². The first-order chi connectivity index (χ1) is 11.2. The number of aryl methyl sites for hydroxylation is 3. The van der Waals surface area contributed by atoms with Crippen LogP contribution in [0.5, 0.6) is 0 Å². The van der Waals surface area contributed by atoms with Crippen LogP contribution in [0.25, 0.3) is 5.57 Å². The molecule has 0 unspecified atom stereocenters. The summed E-state index contributed by atoms with van der Waals surface area (Å²) < 4.78 is 35.0. The Morgan fingerprint density at radius 3 is 2.50 bits per heavy atom. The minimum Gasteiger partial charge on any atom is -0.393 e. The number of allylic oxidation sites excluding steroid dienone is 2. The number of rotatable bonds is 1. The summed E-state index contributed by atoms with van der Waals surface area (Å²) in [4.78, 5) is 0. The van der Waals surface area contributed by atoms with Crippen LogP contribution < -0.4 is 0 Å². The highest BCUT2D eigenvalue weighted by Gasteiger charge is 2.55. The molecule has 7 heteroatoms. The van der Waals surface area contributed by atoms with E-state index in [0.717, 1.165) is 22.4 Å². The Balaban J connectivity index is 2.22. The molecule has 4 heterocycles. The normalized spacial score (nSPS) is 18.9. The molecule has 124 valence electrons. The standard InChI is InChI=1S/C17H19BF2N4/c1-10-8-12(3)23-16(10)15(14-6-7-21-22(14)5)17-11(2)9-13(4)24(17)18(23,19)20/h6-9H,1-5H3. The Hall–Kier alpha value is -2.44. The summed E-state index contributed by atoms with van der Waals surface area (Å²) in [7, 11) is 1.84. The molecule has 0 N–H and O–H groups in total. The van der Waals surface area contributed by atoms with E-state index in [4.69, 9.17) is 0 Å². The van der Waals surface area contributed by atoms with E-state index in [1.807, 2.05) is 39.1 Å². The highest BCUT2D eigenvalue weighted by molar-refractivity contribution is 6.58. The third-order valence-electron chi connectivity index (χ3n) is 5.01. The van der Waals surface area contributed by atoms with Crippen molar-refractivity contribution in [2.45, 2.75) is 27.7 Å². The molecule has 0 aliphatic carbocycles. The Morgan fingerprint density at radius 2 is 1.88 bits per heavy atom. The van der Waals surface area contributed by atoms with Crippen LogP contribution in [-0.2, 0) is 7.05 Å². The number of halogens is 2. The van der Waals surface area contributed by atoms with Crippen molar-refractivity contribution in [3.63, 3.8) is 0 Å². The maximum absolute atomic E-state index is 15.4. The molecule has 0 aromatic carbocycles. The topological polar surface area (TPSA) is 25.8 Å². The molecular formula is C17H19BF2N4. The van der Waals surface area contributed by atoms with Gasteiger partial charge in [0.15, 0.2) is 5.70 Å². The first-order valence-corrected chi connectivity index (χ1v) is 8.00. The monoisotopic (exact) mass is 328 g/mol. The molecule has 0 saturated heterocycles. The van der Waals surface area contributed by atoms with Crippen LogP contribution in [0, 0.1) is 13.8 Å². The molecule has 0 spiro atoms. The van der Waals surface area contributed by atoms with Gasteiger partial charge >= 0.3 is 6.97 Å². The molecule has 0 radical (unpaired) electrons. The second-order valence-corrected chi connectivity index (χ2v) is 6.68. The van der Waals surface area contributed by atoms with Crippen molar-refractivity contribution in [2.24, 2.45) is 7.05 Å². The van der Waals surface area contributed by atoms with Gasteiger partial charge in [-0.3, -0.25) is 4.68 Å². The second-order valence-electron chi connectivity index (χ2n) is 6.68. The van der Waals surface area contributed by atoms with E-state index >= 15 is 8.63 Å². The van der Waals surface area contributed by atoms with Crippen LogP contribution in [0.1, 0.15) is 36.5 Å². The van der Waals surface area contributed by atoms with E-state index in [2.05, 4.69) is 5.10 Å². The third-order valence-corrected chi connectivity index (χ3v) is 5.01. The average Bonchev–Trinajstić information content (AvgIpc) is 3.10. The number of hydrogen-bond acceptors (Lipinski definition) is 1. The third kappa shape index (κ3) is 1.67. The van der Waals surface area contributed by atoms with Gasteiger partial charge in [-0.25, -0.2) is 0 Å². The number of fused-ring (bicyclic) bond motifs is 2. The summed E-state index contributed by atoms with van der Waals surface area (Å²) in [5.74, 6) is 0. The highest BCUT2D eigenvalue weighted by atomic mass is 19.2. The fourth-order valence-electron chi connectivity index (χ4n) is 4.16. The van der Waals surface area contributed by atoms with E-state index < -0.39 is 6.97 Å². The highest BCUT2D eigenvalue weighted by Crippen LogP contribution is 2.43. The van der Waals surface area contributed by atoms with Crippen molar-refractivity contribution < 1.29 is 13.1 Å². The molecule has 0 fully saturated rings. The van der Waals surface area contributed by atoms with Gasteiger partial charge in [-0.2, -0.15) is 5.10 Å². The van der Waals surface area contributed by atoms with Gasteiger partial charge in [0.1, 0.15) is 5.71 Å². The minimum absolute atomic E-state index is 0.573. The first kappa shape index (κ1) is 15.1. The minimum atomic E-state index is -3.92. The molecule has 2 aromatic rings. The molecule has 24 heavy (non-hydrogen) atoms. The molecule has 4 rings (SSSR count). The average molecular weight is 328 g/mol. The lowest BCUT2D eigenvalue weighted by Gasteiger charge is -2.33. The van der Waals surface area contributed by atoms with Crippen LogP contribution in [0.3, 0.4) is 0 Å². The van der Waals surface area contributed by atoms with E-state index in [0.29, 0.717) is 22.8 Å². The Bertz CT molecular complexity index is 988. The lowest BCUT2D eigenvalue weighted by molar-refractivity contribution is -0.363. The maximum atomic E-state index is 15.4. The second kappa shape index (κ2) is 4.56. The predicted octanol–water partition coefficient (Wildman–Crippen LogP) is 3.27. The van der Waals surface area contributed by atoms with E-state index in [1.165, 1.54) is 8.96 Å². The van der Waals surface area contributed by atoms with Gasteiger partial charge in [0, 0.05) is 37.5 Å². The summed E-state index contributed by atoms with van der Waals surface area (Å²) in [5, 5.41) is 4.24. The van der Waals surface area contributed by atoms with Gasteiger partial charge in [0.05, 0.1) is 11.3 Å². The summed E-state index contributed by atoms with van der Waals surface area (Å²) in [5.41, 5.74) is 5.70. The van der Waals surface area contributed by atoms with Crippen LogP contribution in [-0.4, -0.2) is 31.4 Å². The zero-order chi connectivity index (χ0) is 17.4. The number of hydrogen-bond donors (Lipinski definition) is 0. The van der Waals surface area contributed by atoms with Crippen molar-refractivity contribution in [3.8, 4) is 0 Å². The van der Waals surface area contributed by atoms with Gasteiger partial charge < -0.3 is 17.6 Å². The van der Waals surface area contributed by atoms with E-state index in [1.54, 1.807) is 24.7 Å². The lowest BCUT2D eigenvalue weighted by Crippen LogP contribution is -2.51. The van der Waals surface area contributed by atoms with E-state index in [-0.39, 0.29) is 0 Å². The summed E-state index contributed by atoms with van der Waals surface area (Å²) in [6, 6.07) is 3.71. The Morgan fingerprint density at radius 1 is 1.17 bits per heavy atom. The van der Waals surface area contributed by atoms with Crippen LogP contribution in [0.2, 0.25) is 0 Å². The van der Waals surface area contributed by atoms with Crippen LogP contribution >= 0.6 is 0 Å². The van der Waals surface area contributed by atoms with E-state index in [9.17, 15) is 0 Å². The van der Waals surface area contributed by atoms with Gasteiger partial charge in [0.2, 0.25) is 0 Å². The van der Waals surface area contributed by atoms with Gasteiger partial charge in [0.25, 0.3) is 0 Å².